The van der Waals surface area contributed by atoms with Crippen LogP contribution in [0.15, 0.2) is 30.3 Å². The van der Waals surface area contributed by atoms with Gasteiger partial charge in [0, 0.05) is 13.1 Å². The summed E-state index contributed by atoms with van der Waals surface area (Å²) in [6.07, 6.45) is 7.06. The summed E-state index contributed by atoms with van der Waals surface area (Å²) >= 11 is 0. The Balaban J connectivity index is 1.81. The molecule has 2 rings (SSSR count). The van der Waals surface area contributed by atoms with E-state index < -0.39 is 5.92 Å². The molecule has 1 aromatic rings. The first-order valence-corrected chi connectivity index (χ1v) is 8.03. The Labute approximate surface area is 127 Å². The van der Waals surface area contributed by atoms with E-state index in [-0.39, 0.29) is 5.91 Å². The van der Waals surface area contributed by atoms with Crippen LogP contribution in [0.5, 0.6) is 0 Å². The molecule has 1 aliphatic rings. The van der Waals surface area contributed by atoms with Gasteiger partial charge in [0.2, 0.25) is 5.91 Å². The number of carbonyl (C=O) groups is 1. The van der Waals surface area contributed by atoms with Gasteiger partial charge in [0.05, 0.1) is 6.07 Å². The molecule has 1 amide bonds. The average molecular weight is 284 g/mol. The first kappa shape index (κ1) is 15.6. The summed E-state index contributed by atoms with van der Waals surface area (Å²) in [6, 6.07) is 12.5. The molecule has 0 spiro atoms. The lowest BCUT2D eigenvalue weighted by Gasteiger charge is -2.22. The van der Waals surface area contributed by atoms with Crippen molar-refractivity contribution in [3.63, 3.8) is 0 Å². The maximum atomic E-state index is 12.4. The van der Waals surface area contributed by atoms with Crippen molar-refractivity contribution < 1.29 is 4.79 Å². The number of rotatable bonds is 5. The van der Waals surface area contributed by atoms with Crippen LogP contribution in [0.4, 0.5) is 0 Å². The van der Waals surface area contributed by atoms with Gasteiger partial charge in [0.25, 0.3) is 0 Å². The van der Waals surface area contributed by atoms with Crippen molar-refractivity contribution >= 4 is 5.91 Å². The van der Waals surface area contributed by atoms with Crippen molar-refractivity contribution in [3.8, 4) is 6.07 Å². The molecule has 1 fully saturated rings. The predicted octanol–water partition coefficient (Wildman–Crippen LogP) is 3.55. The van der Waals surface area contributed by atoms with E-state index in [0.29, 0.717) is 6.42 Å². The number of likely N-dealkylation sites (tertiary alicyclic amines) is 1. The lowest BCUT2D eigenvalue weighted by atomic mass is 9.99. The third kappa shape index (κ3) is 4.90. The Kier molecular flexibility index (Phi) is 6.27. The number of benzene rings is 1. The van der Waals surface area contributed by atoms with Crippen molar-refractivity contribution in [1.82, 2.24) is 4.90 Å². The van der Waals surface area contributed by atoms with E-state index in [9.17, 15) is 10.1 Å². The molecule has 0 saturated carbocycles. The molecule has 21 heavy (non-hydrogen) atoms. The number of nitrogens with zero attached hydrogens (tertiary/aromatic N) is 2. The van der Waals surface area contributed by atoms with Crippen LogP contribution in [-0.4, -0.2) is 23.9 Å². The minimum Gasteiger partial charge on any atom is -0.342 e. The summed E-state index contributed by atoms with van der Waals surface area (Å²) in [5.41, 5.74) is 1.27. The fourth-order valence-electron chi connectivity index (χ4n) is 2.91. The van der Waals surface area contributed by atoms with E-state index in [1.807, 2.05) is 23.1 Å². The lowest BCUT2D eigenvalue weighted by molar-refractivity contribution is -0.133. The van der Waals surface area contributed by atoms with Gasteiger partial charge in [-0.05, 0) is 37.7 Å². The maximum absolute atomic E-state index is 12.4. The van der Waals surface area contributed by atoms with E-state index in [1.54, 1.807) is 0 Å². The summed E-state index contributed by atoms with van der Waals surface area (Å²) < 4.78 is 0. The third-order valence-electron chi connectivity index (χ3n) is 4.17. The van der Waals surface area contributed by atoms with Crippen molar-refractivity contribution in [1.29, 1.82) is 5.26 Å². The van der Waals surface area contributed by atoms with Crippen LogP contribution in [0.1, 0.15) is 44.1 Å². The van der Waals surface area contributed by atoms with E-state index in [2.05, 4.69) is 18.2 Å². The number of hydrogen-bond acceptors (Lipinski definition) is 2. The molecule has 112 valence electrons. The molecule has 1 unspecified atom stereocenters. The van der Waals surface area contributed by atoms with Crippen molar-refractivity contribution in [2.75, 3.05) is 13.1 Å². The van der Waals surface area contributed by atoms with Crippen LogP contribution in [0.25, 0.3) is 0 Å². The smallest absolute Gasteiger partial charge is 0.239 e. The van der Waals surface area contributed by atoms with Crippen molar-refractivity contribution in [2.45, 2.75) is 44.9 Å². The van der Waals surface area contributed by atoms with Crippen LogP contribution in [0, 0.1) is 17.2 Å². The van der Waals surface area contributed by atoms with Gasteiger partial charge >= 0.3 is 0 Å². The molecule has 0 radical (unpaired) electrons. The van der Waals surface area contributed by atoms with Crippen molar-refractivity contribution in [3.05, 3.63) is 35.9 Å². The van der Waals surface area contributed by atoms with Gasteiger partial charge in [-0.1, -0.05) is 43.2 Å². The highest BCUT2D eigenvalue weighted by atomic mass is 16.2. The number of carbonyl (C=O) groups excluding carboxylic acids is 1. The minimum absolute atomic E-state index is 0.0486. The molecular formula is C18H24N2O. The van der Waals surface area contributed by atoms with E-state index in [4.69, 9.17) is 0 Å². The first-order chi connectivity index (χ1) is 10.3. The van der Waals surface area contributed by atoms with Gasteiger partial charge in [-0.3, -0.25) is 4.79 Å². The molecule has 0 aliphatic carbocycles. The summed E-state index contributed by atoms with van der Waals surface area (Å²) in [6.45, 7) is 1.66. The molecule has 3 nitrogen and oxygen atoms in total. The second-order valence-corrected chi connectivity index (χ2v) is 5.80. The fourth-order valence-corrected chi connectivity index (χ4v) is 2.91. The van der Waals surface area contributed by atoms with Crippen LogP contribution >= 0.6 is 0 Å². The molecule has 0 aromatic heterocycles. The van der Waals surface area contributed by atoms with Crippen molar-refractivity contribution in [2.24, 2.45) is 5.92 Å². The molecule has 1 atom stereocenters. The highest BCUT2D eigenvalue weighted by Gasteiger charge is 2.24. The van der Waals surface area contributed by atoms with E-state index in [0.717, 1.165) is 38.8 Å². The Morgan fingerprint density at radius 3 is 2.43 bits per heavy atom. The predicted molar refractivity (Wildman–Crippen MR) is 83.5 cm³/mol. The van der Waals surface area contributed by atoms with E-state index >= 15 is 0 Å². The molecule has 3 heteroatoms. The van der Waals surface area contributed by atoms with Gasteiger partial charge in [-0.25, -0.2) is 0 Å². The summed E-state index contributed by atoms with van der Waals surface area (Å²) in [7, 11) is 0. The number of amides is 1. The Morgan fingerprint density at radius 2 is 1.81 bits per heavy atom. The highest BCUT2D eigenvalue weighted by Crippen LogP contribution is 2.16. The van der Waals surface area contributed by atoms with Gasteiger partial charge in [0.15, 0.2) is 0 Å². The molecule has 1 aliphatic heterocycles. The Morgan fingerprint density at radius 1 is 1.14 bits per heavy atom. The minimum atomic E-state index is -0.466. The third-order valence-corrected chi connectivity index (χ3v) is 4.17. The summed E-state index contributed by atoms with van der Waals surface area (Å²) in [5, 5.41) is 9.30. The van der Waals surface area contributed by atoms with Crippen LogP contribution in [0.3, 0.4) is 0 Å². The zero-order valence-electron chi connectivity index (χ0n) is 12.6. The molecule has 1 heterocycles. The Hall–Kier alpha value is -1.82. The lowest BCUT2D eigenvalue weighted by Crippen LogP contribution is -2.36. The SMILES string of the molecule is N#CC(CCCc1ccccc1)C(=O)N1CCCCCC1. The monoisotopic (exact) mass is 284 g/mol. The van der Waals surface area contributed by atoms with Gasteiger partial charge in [0.1, 0.15) is 5.92 Å². The molecular weight excluding hydrogens is 260 g/mol. The van der Waals surface area contributed by atoms with Gasteiger partial charge < -0.3 is 4.90 Å². The number of nitriles is 1. The largest absolute Gasteiger partial charge is 0.342 e. The fraction of sp³-hybridized carbons (Fsp3) is 0.556. The summed E-state index contributed by atoms with van der Waals surface area (Å²) in [4.78, 5) is 14.3. The second-order valence-electron chi connectivity index (χ2n) is 5.80. The normalized spacial score (nSPS) is 16.8. The van der Waals surface area contributed by atoms with Crippen LogP contribution in [-0.2, 0) is 11.2 Å². The molecule has 1 aromatic carbocycles. The van der Waals surface area contributed by atoms with Gasteiger partial charge in [-0.2, -0.15) is 5.26 Å². The zero-order chi connectivity index (χ0) is 14.9. The van der Waals surface area contributed by atoms with E-state index in [1.165, 1.54) is 18.4 Å². The number of aryl methyl sites for hydroxylation is 1. The average Bonchev–Trinajstić information content (AvgIpc) is 2.81. The first-order valence-electron chi connectivity index (χ1n) is 8.03. The number of hydrogen-bond donors (Lipinski definition) is 0. The Bertz CT molecular complexity index is 470. The van der Waals surface area contributed by atoms with Crippen LogP contribution in [0.2, 0.25) is 0 Å². The maximum Gasteiger partial charge on any atom is 0.239 e. The topological polar surface area (TPSA) is 44.1 Å². The standard InChI is InChI=1S/C18H24N2O/c19-15-17(12-8-11-16-9-4-3-5-10-16)18(21)20-13-6-1-2-7-14-20/h3-5,9-10,17H,1-2,6-8,11-14H2. The quantitative estimate of drug-likeness (QED) is 0.830. The highest BCUT2D eigenvalue weighted by molar-refractivity contribution is 5.81. The zero-order valence-corrected chi connectivity index (χ0v) is 12.6. The summed E-state index contributed by atoms with van der Waals surface area (Å²) in [5.74, 6) is -0.417. The molecule has 0 N–H and O–H groups in total. The second kappa shape index (κ2) is 8.46. The van der Waals surface area contributed by atoms with Crippen LogP contribution < -0.4 is 0 Å². The van der Waals surface area contributed by atoms with Gasteiger partial charge in [-0.15, -0.1) is 0 Å². The molecule has 1 saturated heterocycles. The molecule has 0 bridgehead atoms.